The third-order valence-corrected chi connectivity index (χ3v) is 5.40. The number of carbonyl (C=O) groups excluding carboxylic acids is 1. The number of hydrogen-bond donors (Lipinski definition) is 3. The average molecular weight is 461 g/mol. The van der Waals surface area contributed by atoms with E-state index < -0.39 is 0 Å². The van der Waals surface area contributed by atoms with Crippen molar-refractivity contribution < 1.29 is 9.90 Å². The number of aromatic hydroxyl groups is 1. The number of H-pyrrole nitrogens is 1. The lowest BCUT2D eigenvalue weighted by Gasteiger charge is -2.04. The van der Waals surface area contributed by atoms with Crippen molar-refractivity contribution in [3.8, 4) is 5.75 Å². The van der Waals surface area contributed by atoms with Crippen molar-refractivity contribution in [2.24, 2.45) is 0 Å². The molecule has 0 radical (unpaired) electrons. The summed E-state index contributed by atoms with van der Waals surface area (Å²) in [5, 5.41) is 13.7. The quantitative estimate of drug-likeness (QED) is 0.180. The van der Waals surface area contributed by atoms with Crippen LogP contribution in [0.1, 0.15) is 63.9 Å². The summed E-state index contributed by atoms with van der Waals surface area (Å²) < 4.78 is 0. The van der Waals surface area contributed by atoms with Gasteiger partial charge in [0, 0.05) is 30.1 Å². The molecule has 0 bridgehead atoms. The lowest BCUT2D eigenvalue weighted by molar-refractivity contribution is -0.121. The van der Waals surface area contributed by atoms with E-state index in [1.165, 1.54) is 0 Å². The summed E-state index contributed by atoms with van der Waals surface area (Å²) in [4.78, 5) is 15.2. The number of hydrogen-bond acceptors (Lipinski definition) is 2. The van der Waals surface area contributed by atoms with E-state index in [0.29, 0.717) is 13.0 Å². The van der Waals surface area contributed by atoms with Crippen molar-refractivity contribution in [3.63, 3.8) is 0 Å². The lowest BCUT2D eigenvalue weighted by atomic mass is 10.1. The summed E-state index contributed by atoms with van der Waals surface area (Å²) in [6.07, 6.45) is 31.9. The maximum Gasteiger partial charge on any atom is 0.220 e. The summed E-state index contributed by atoms with van der Waals surface area (Å²) in [5.41, 5.74) is 2.10. The topological polar surface area (TPSA) is 65.1 Å². The Bertz CT molecular complexity index is 992. The SMILES string of the molecule is CC/C=C\C/C=C\C/C=C\C/C=C\C/C=C\CCCC(=O)NCCc1c[nH]c2ccc(O)cc12. The van der Waals surface area contributed by atoms with Crippen molar-refractivity contribution >= 4 is 16.8 Å². The molecule has 0 aliphatic rings. The number of aromatic nitrogens is 1. The van der Waals surface area contributed by atoms with Gasteiger partial charge in [0.2, 0.25) is 5.91 Å². The van der Waals surface area contributed by atoms with Crippen LogP contribution in [0.15, 0.2) is 85.2 Å². The van der Waals surface area contributed by atoms with Crippen molar-refractivity contribution in [2.45, 2.75) is 64.7 Å². The summed E-state index contributed by atoms with van der Waals surface area (Å²) in [6.45, 7) is 2.75. The first-order chi connectivity index (χ1) is 16.7. The minimum Gasteiger partial charge on any atom is -0.508 e. The molecular weight excluding hydrogens is 420 g/mol. The summed E-state index contributed by atoms with van der Waals surface area (Å²) in [5.74, 6) is 0.350. The fraction of sp³-hybridized carbons (Fsp3) is 0.367. The van der Waals surface area contributed by atoms with E-state index in [-0.39, 0.29) is 11.7 Å². The fourth-order valence-electron chi connectivity index (χ4n) is 3.55. The molecule has 1 aromatic carbocycles. The Balaban J connectivity index is 1.46. The second-order valence-corrected chi connectivity index (χ2v) is 8.24. The highest BCUT2D eigenvalue weighted by atomic mass is 16.3. The van der Waals surface area contributed by atoms with Crippen LogP contribution in [0.3, 0.4) is 0 Å². The van der Waals surface area contributed by atoms with E-state index >= 15 is 0 Å². The number of amides is 1. The molecule has 0 aliphatic heterocycles. The number of carbonyl (C=O) groups is 1. The molecule has 3 N–H and O–H groups in total. The van der Waals surface area contributed by atoms with Gasteiger partial charge in [0.05, 0.1) is 0 Å². The highest BCUT2D eigenvalue weighted by Crippen LogP contribution is 2.23. The molecule has 2 aromatic rings. The number of rotatable bonds is 16. The average Bonchev–Trinajstić information content (AvgIpc) is 3.23. The number of phenols is 1. The van der Waals surface area contributed by atoms with Crippen LogP contribution in [-0.4, -0.2) is 22.5 Å². The maximum atomic E-state index is 12.0. The molecule has 1 aromatic heterocycles. The number of unbranched alkanes of at least 4 members (excludes halogenated alkanes) is 1. The van der Waals surface area contributed by atoms with Crippen molar-refractivity contribution in [3.05, 3.63) is 90.7 Å². The molecule has 0 aliphatic carbocycles. The van der Waals surface area contributed by atoms with Crippen LogP contribution >= 0.6 is 0 Å². The Morgan fingerprint density at radius 2 is 1.53 bits per heavy atom. The molecular formula is C30H40N2O2. The zero-order chi connectivity index (χ0) is 24.3. The Morgan fingerprint density at radius 3 is 2.18 bits per heavy atom. The van der Waals surface area contributed by atoms with Crippen LogP contribution in [-0.2, 0) is 11.2 Å². The van der Waals surface area contributed by atoms with Crippen LogP contribution in [0, 0.1) is 0 Å². The van der Waals surface area contributed by atoms with Gasteiger partial charge in [-0.05, 0) is 75.1 Å². The Hall–Kier alpha value is -3.27. The fourth-order valence-corrected chi connectivity index (χ4v) is 3.55. The lowest BCUT2D eigenvalue weighted by Crippen LogP contribution is -2.25. The second-order valence-electron chi connectivity index (χ2n) is 8.24. The predicted molar refractivity (Wildman–Crippen MR) is 145 cm³/mol. The molecule has 34 heavy (non-hydrogen) atoms. The zero-order valence-corrected chi connectivity index (χ0v) is 20.5. The molecule has 0 spiro atoms. The van der Waals surface area contributed by atoms with E-state index in [2.05, 4.69) is 78.0 Å². The van der Waals surface area contributed by atoms with Crippen molar-refractivity contribution in [2.75, 3.05) is 6.54 Å². The summed E-state index contributed by atoms with van der Waals surface area (Å²) in [7, 11) is 0. The van der Waals surface area contributed by atoms with Crippen LogP contribution < -0.4 is 5.32 Å². The molecule has 1 amide bonds. The minimum atomic E-state index is 0.0926. The molecule has 0 atom stereocenters. The first-order valence-electron chi connectivity index (χ1n) is 12.5. The molecule has 4 heteroatoms. The molecule has 0 unspecified atom stereocenters. The van der Waals surface area contributed by atoms with Crippen LogP contribution in [0.4, 0.5) is 0 Å². The van der Waals surface area contributed by atoms with Gasteiger partial charge >= 0.3 is 0 Å². The smallest absolute Gasteiger partial charge is 0.220 e. The molecule has 2 rings (SSSR count). The Labute approximate surface area is 204 Å². The van der Waals surface area contributed by atoms with E-state index in [4.69, 9.17) is 0 Å². The molecule has 0 saturated heterocycles. The highest BCUT2D eigenvalue weighted by Gasteiger charge is 2.05. The highest BCUT2D eigenvalue weighted by molar-refractivity contribution is 5.84. The summed E-state index contributed by atoms with van der Waals surface area (Å²) in [6, 6.07) is 5.29. The van der Waals surface area contributed by atoms with Gasteiger partial charge < -0.3 is 15.4 Å². The second kappa shape index (κ2) is 17.2. The van der Waals surface area contributed by atoms with Gasteiger partial charge in [-0.25, -0.2) is 0 Å². The number of fused-ring (bicyclic) bond motifs is 1. The van der Waals surface area contributed by atoms with E-state index in [9.17, 15) is 9.90 Å². The Kier molecular flexibility index (Phi) is 13.7. The predicted octanol–water partition coefficient (Wildman–Crippen LogP) is 7.45. The standard InChI is InChI=1S/C30H40N2O2/c1-2-3-4-5-6-7-8-9-10-11-12-13-14-15-16-17-18-19-30(34)31-23-22-26-25-32-29-21-20-27(33)24-28(26)29/h3-4,6-7,9-10,12-13,15-16,20-21,24-25,32-33H,2,5,8,11,14,17-19,22-23H2,1H3,(H,31,34)/b4-3-,7-6-,10-9-,13-12-,16-15-. The van der Waals surface area contributed by atoms with Crippen LogP contribution in [0.5, 0.6) is 5.75 Å². The minimum absolute atomic E-state index is 0.0926. The molecule has 0 fully saturated rings. The van der Waals surface area contributed by atoms with Crippen LogP contribution in [0.2, 0.25) is 0 Å². The van der Waals surface area contributed by atoms with Crippen LogP contribution in [0.25, 0.3) is 10.9 Å². The normalized spacial score (nSPS) is 12.5. The summed E-state index contributed by atoms with van der Waals surface area (Å²) >= 11 is 0. The van der Waals surface area contributed by atoms with E-state index in [1.54, 1.807) is 12.1 Å². The third kappa shape index (κ3) is 11.6. The molecule has 1 heterocycles. The van der Waals surface area contributed by atoms with Crippen molar-refractivity contribution in [1.82, 2.24) is 10.3 Å². The third-order valence-electron chi connectivity index (χ3n) is 5.40. The zero-order valence-electron chi connectivity index (χ0n) is 20.5. The van der Waals surface area contributed by atoms with E-state index in [0.717, 1.165) is 67.8 Å². The maximum absolute atomic E-state index is 12.0. The number of aromatic amines is 1. The number of nitrogens with one attached hydrogen (secondary N) is 2. The van der Waals surface area contributed by atoms with Crippen molar-refractivity contribution in [1.29, 1.82) is 0 Å². The number of benzene rings is 1. The van der Waals surface area contributed by atoms with Gasteiger partial charge in [-0.15, -0.1) is 0 Å². The van der Waals surface area contributed by atoms with Gasteiger partial charge in [0.15, 0.2) is 0 Å². The van der Waals surface area contributed by atoms with Gasteiger partial charge in [-0.1, -0.05) is 67.7 Å². The largest absolute Gasteiger partial charge is 0.508 e. The van der Waals surface area contributed by atoms with Gasteiger partial charge in [-0.3, -0.25) is 4.79 Å². The molecule has 4 nitrogen and oxygen atoms in total. The monoisotopic (exact) mass is 460 g/mol. The molecule has 182 valence electrons. The van der Waals surface area contributed by atoms with Gasteiger partial charge in [-0.2, -0.15) is 0 Å². The molecule has 0 saturated carbocycles. The van der Waals surface area contributed by atoms with Gasteiger partial charge in [0.1, 0.15) is 5.75 Å². The first kappa shape index (κ1) is 27.0. The Morgan fingerprint density at radius 1 is 0.912 bits per heavy atom. The number of allylic oxidation sites excluding steroid dienone is 10. The number of phenolic OH excluding ortho intramolecular Hbond substituents is 1. The van der Waals surface area contributed by atoms with Gasteiger partial charge in [0.25, 0.3) is 0 Å². The first-order valence-corrected chi connectivity index (χ1v) is 12.5. The van der Waals surface area contributed by atoms with E-state index in [1.807, 2.05) is 12.3 Å².